The number of halogens is 3. The zero-order chi connectivity index (χ0) is 23.8. The zero-order valence-corrected chi connectivity index (χ0v) is 20.4. The summed E-state index contributed by atoms with van der Waals surface area (Å²) in [5, 5.41) is 3.14. The highest BCUT2D eigenvalue weighted by molar-refractivity contribution is 9.10. The van der Waals surface area contributed by atoms with Crippen molar-refractivity contribution in [1.29, 1.82) is 0 Å². The first-order valence-corrected chi connectivity index (χ1v) is 13.2. The van der Waals surface area contributed by atoms with Crippen LogP contribution in [0.2, 0.25) is 0 Å². The second kappa shape index (κ2) is 9.40. The van der Waals surface area contributed by atoms with Crippen LogP contribution in [-0.2, 0) is 21.5 Å². The standard InChI is InChI=1S/C21H20BrF2N2O5PS/c22-18-15-11-13(5-6-17(15)33-19(18)21(23,24)32(28,29)30)20(27)25-12-14-3-1-2-4-16(14)26-7-9-31-10-8-26/h1-6,11H,7-10,12H2,(H,25,27)(H2,28,29,30). The number of hydrogen-bond acceptors (Lipinski definition) is 5. The summed E-state index contributed by atoms with van der Waals surface area (Å²) in [4.78, 5) is 32.3. The molecule has 1 aromatic heterocycles. The number of morpholine rings is 1. The monoisotopic (exact) mass is 560 g/mol. The van der Waals surface area contributed by atoms with Crippen LogP contribution in [0.3, 0.4) is 0 Å². The van der Waals surface area contributed by atoms with E-state index in [0.29, 0.717) is 29.3 Å². The maximum absolute atomic E-state index is 14.2. The minimum absolute atomic E-state index is 0.136. The van der Waals surface area contributed by atoms with Gasteiger partial charge in [-0.25, -0.2) is 0 Å². The maximum Gasteiger partial charge on any atom is 0.400 e. The molecule has 0 unspecified atom stereocenters. The Kier molecular flexibility index (Phi) is 6.91. The highest BCUT2D eigenvalue weighted by Gasteiger charge is 2.53. The molecule has 4 rings (SSSR count). The first kappa shape index (κ1) is 24.3. The number of alkyl halides is 2. The van der Waals surface area contributed by atoms with Crippen LogP contribution in [0.5, 0.6) is 0 Å². The SMILES string of the molecule is O=C(NCc1ccccc1N1CCOCC1)c1ccc2sc(C(F)(F)P(=O)(O)O)c(Br)c2c1. The van der Waals surface area contributed by atoms with Gasteiger partial charge in [-0.15, -0.1) is 11.3 Å². The number of nitrogens with zero attached hydrogens (tertiary/aromatic N) is 1. The molecule has 1 aliphatic rings. The lowest BCUT2D eigenvalue weighted by Crippen LogP contribution is -2.37. The third-order valence-electron chi connectivity index (χ3n) is 5.31. The van der Waals surface area contributed by atoms with Crippen LogP contribution in [0.4, 0.5) is 14.5 Å². The maximum atomic E-state index is 14.2. The number of thiophene rings is 1. The number of amides is 1. The average molecular weight is 561 g/mol. The number of nitrogens with one attached hydrogen (secondary N) is 1. The van der Waals surface area contributed by atoms with Crippen molar-refractivity contribution >= 4 is 56.5 Å². The van der Waals surface area contributed by atoms with Crippen molar-refractivity contribution in [3.05, 3.63) is 62.9 Å². The molecule has 2 heterocycles. The van der Waals surface area contributed by atoms with Gasteiger partial charge in [-0.1, -0.05) is 18.2 Å². The van der Waals surface area contributed by atoms with Crippen molar-refractivity contribution in [2.75, 3.05) is 31.2 Å². The van der Waals surface area contributed by atoms with Crippen molar-refractivity contribution in [1.82, 2.24) is 5.32 Å². The fraction of sp³-hybridized carbons (Fsp3) is 0.286. The van der Waals surface area contributed by atoms with Gasteiger partial charge in [0, 0.05) is 45.4 Å². The average Bonchev–Trinajstić information content (AvgIpc) is 3.14. The Bertz CT molecular complexity index is 1240. The van der Waals surface area contributed by atoms with Gasteiger partial charge in [0.2, 0.25) is 0 Å². The van der Waals surface area contributed by atoms with E-state index in [2.05, 4.69) is 26.1 Å². The van der Waals surface area contributed by atoms with E-state index >= 15 is 0 Å². The third kappa shape index (κ3) is 4.84. The molecule has 0 bridgehead atoms. The van der Waals surface area contributed by atoms with E-state index in [0.717, 1.165) is 24.3 Å². The van der Waals surface area contributed by atoms with Crippen molar-refractivity contribution in [3.63, 3.8) is 0 Å². The van der Waals surface area contributed by atoms with Crippen LogP contribution in [0.15, 0.2) is 46.9 Å². The quantitative estimate of drug-likeness (QED) is 0.379. The molecule has 2 aromatic carbocycles. The number of ether oxygens (including phenoxy) is 1. The molecule has 0 aliphatic carbocycles. The summed E-state index contributed by atoms with van der Waals surface area (Å²) in [6.45, 7) is 3.07. The second-order valence-corrected chi connectivity index (χ2v) is 10.9. The predicted molar refractivity (Wildman–Crippen MR) is 126 cm³/mol. The van der Waals surface area contributed by atoms with Crippen LogP contribution >= 0.6 is 34.9 Å². The summed E-state index contributed by atoms with van der Waals surface area (Å²) in [6.07, 6.45) is 0. The molecule has 12 heteroatoms. The molecule has 176 valence electrons. The van der Waals surface area contributed by atoms with Gasteiger partial charge in [-0.05, 0) is 45.8 Å². The predicted octanol–water partition coefficient (Wildman–Crippen LogP) is 4.66. The summed E-state index contributed by atoms with van der Waals surface area (Å²) < 4.78 is 45.4. The van der Waals surface area contributed by atoms with Crippen molar-refractivity contribution in [2.24, 2.45) is 0 Å². The fourth-order valence-electron chi connectivity index (χ4n) is 3.59. The number of para-hydroxylation sites is 1. The Morgan fingerprint density at radius 3 is 2.61 bits per heavy atom. The Labute approximate surface area is 200 Å². The lowest BCUT2D eigenvalue weighted by atomic mass is 10.1. The van der Waals surface area contributed by atoms with Crippen molar-refractivity contribution < 1.29 is 32.7 Å². The van der Waals surface area contributed by atoms with Crippen LogP contribution in [0.25, 0.3) is 10.1 Å². The Hall–Kier alpha value is -1.88. The highest BCUT2D eigenvalue weighted by Crippen LogP contribution is 2.62. The molecule has 1 saturated heterocycles. The van der Waals surface area contributed by atoms with E-state index in [4.69, 9.17) is 14.5 Å². The van der Waals surface area contributed by atoms with E-state index < -0.39 is 24.0 Å². The Morgan fingerprint density at radius 1 is 1.21 bits per heavy atom. The molecule has 1 fully saturated rings. The van der Waals surface area contributed by atoms with Gasteiger partial charge >= 0.3 is 13.3 Å². The van der Waals surface area contributed by atoms with Gasteiger partial charge in [-0.2, -0.15) is 8.78 Å². The first-order chi connectivity index (χ1) is 15.6. The van der Waals surface area contributed by atoms with Crippen LogP contribution in [0.1, 0.15) is 20.8 Å². The summed E-state index contributed by atoms with van der Waals surface area (Å²) >= 11 is 3.60. The molecule has 3 N–H and O–H groups in total. The van der Waals surface area contributed by atoms with Gasteiger partial charge in [-0.3, -0.25) is 9.36 Å². The summed E-state index contributed by atoms with van der Waals surface area (Å²) in [7, 11) is -5.71. The van der Waals surface area contributed by atoms with Gasteiger partial charge in [0.15, 0.2) is 0 Å². The minimum atomic E-state index is -5.71. The van der Waals surface area contributed by atoms with Crippen LogP contribution in [-0.4, -0.2) is 42.0 Å². The molecule has 0 spiro atoms. The summed E-state index contributed by atoms with van der Waals surface area (Å²) in [5.74, 6) is -0.393. The first-order valence-electron chi connectivity index (χ1n) is 9.94. The molecule has 3 aromatic rings. The minimum Gasteiger partial charge on any atom is -0.378 e. The molecular weight excluding hydrogens is 541 g/mol. The van der Waals surface area contributed by atoms with E-state index in [1.54, 1.807) is 0 Å². The molecular formula is C21H20BrF2N2O5PS. The number of anilines is 1. The molecule has 33 heavy (non-hydrogen) atoms. The number of hydrogen-bond donors (Lipinski definition) is 3. The number of carbonyl (C=O) groups is 1. The molecule has 7 nitrogen and oxygen atoms in total. The zero-order valence-electron chi connectivity index (χ0n) is 17.1. The fourth-order valence-corrected chi connectivity index (χ4v) is 6.51. The molecule has 1 aliphatic heterocycles. The van der Waals surface area contributed by atoms with Crippen LogP contribution in [0, 0.1) is 0 Å². The largest absolute Gasteiger partial charge is 0.400 e. The normalized spacial score (nSPS) is 15.1. The van der Waals surface area contributed by atoms with Gasteiger partial charge in [0.25, 0.3) is 5.91 Å². The highest BCUT2D eigenvalue weighted by atomic mass is 79.9. The summed E-state index contributed by atoms with van der Waals surface area (Å²) in [5.41, 5.74) is -2.13. The third-order valence-corrected chi connectivity index (χ3v) is 8.74. The van der Waals surface area contributed by atoms with Crippen molar-refractivity contribution in [3.8, 4) is 0 Å². The number of benzene rings is 2. The van der Waals surface area contributed by atoms with E-state index in [1.807, 2.05) is 24.3 Å². The molecule has 0 atom stereocenters. The number of fused-ring (bicyclic) bond motifs is 1. The van der Waals surface area contributed by atoms with E-state index in [1.165, 1.54) is 18.2 Å². The molecule has 0 radical (unpaired) electrons. The molecule has 0 saturated carbocycles. The van der Waals surface area contributed by atoms with Gasteiger partial charge < -0.3 is 24.7 Å². The number of carbonyl (C=O) groups excluding carboxylic acids is 1. The number of rotatable bonds is 6. The lowest BCUT2D eigenvalue weighted by molar-refractivity contribution is 0.0595. The van der Waals surface area contributed by atoms with Gasteiger partial charge in [0.1, 0.15) is 4.88 Å². The van der Waals surface area contributed by atoms with E-state index in [9.17, 15) is 18.1 Å². The Morgan fingerprint density at radius 2 is 1.91 bits per heavy atom. The van der Waals surface area contributed by atoms with E-state index in [-0.39, 0.29) is 22.0 Å². The smallest absolute Gasteiger partial charge is 0.378 e. The lowest BCUT2D eigenvalue weighted by Gasteiger charge is -2.30. The van der Waals surface area contributed by atoms with Crippen LogP contribution < -0.4 is 10.2 Å². The topological polar surface area (TPSA) is 99.1 Å². The Balaban J connectivity index is 1.55. The summed E-state index contributed by atoms with van der Waals surface area (Å²) in [6, 6.07) is 12.2. The molecule has 1 amide bonds. The van der Waals surface area contributed by atoms with Gasteiger partial charge in [0.05, 0.1) is 13.2 Å². The van der Waals surface area contributed by atoms with Crippen molar-refractivity contribution in [2.45, 2.75) is 12.2 Å². The second-order valence-electron chi connectivity index (χ2n) is 7.45.